The average Bonchev–Trinajstić information content (AvgIpc) is 2.83. The molecule has 0 radical (unpaired) electrons. The van der Waals surface area contributed by atoms with Gasteiger partial charge in [-0.15, -0.1) is 0 Å². The zero-order chi connectivity index (χ0) is 14.1. The van der Waals surface area contributed by atoms with Crippen molar-refractivity contribution in [2.45, 2.75) is 13.5 Å². The maximum Gasteiger partial charge on any atom is 0.293 e. The molecule has 20 heavy (non-hydrogen) atoms. The minimum absolute atomic E-state index is 0.109. The van der Waals surface area contributed by atoms with E-state index in [0.717, 1.165) is 11.2 Å². The minimum Gasteiger partial charge on any atom is -0.350 e. The van der Waals surface area contributed by atoms with Crippen LogP contribution in [0.3, 0.4) is 0 Å². The number of nitrogens with zero attached hydrogens (tertiary/aromatic N) is 3. The topological polar surface area (TPSA) is 51.9 Å². The maximum absolute atomic E-state index is 12.1. The van der Waals surface area contributed by atoms with Crippen molar-refractivity contribution in [3.05, 3.63) is 53.2 Å². The highest BCUT2D eigenvalue weighted by Gasteiger charge is 2.05. The Kier molecular flexibility index (Phi) is 3.02. The lowest BCUT2D eigenvalue weighted by Crippen LogP contribution is -2.22. The smallest absolute Gasteiger partial charge is 0.293 e. The molecule has 0 aliphatic heterocycles. The van der Waals surface area contributed by atoms with E-state index in [9.17, 15) is 4.79 Å². The minimum atomic E-state index is -0.109. The van der Waals surface area contributed by atoms with Crippen molar-refractivity contribution in [3.63, 3.8) is 0 Å². The summed E-state index contributed by atoms with van der Waals surface area (Å²) in [4.78, 5) is 16.2. The number of fused-ring (bicyclic) bond motifs is 1. The summed E-state index contributed by atoms with van der Waals surface area (Å²) in [5, 5.41) is 4.27. The van der Waals surface area contributed by atoms with Crippen LogP contribution in [0, 0.1) is 0 Å². The fraction of sp³-hybridized carbons (Fsp3) is 0.200. The normalized spacial score (nSPS) is 10.9. The van der Waals surface area contributed by atoms with Crippen molar-refractivity contribution in [1.29, 1.82) is 0 Å². The summed E-state index contributed by atoms with van der Waals surface area (Å²) in [6, 6.07) is 8.05. The molecule has 0 bridgehead atoms. The molecule has 0 unspecified atom stereocenters. The second kappa shape index (κ2) is 4.85. The van der Waals surface area contributed by atoms with Gasteiger partial charge in [0, 0.05) is 43.4 Å². The van der Waals surface area contributed by atoms with Crippen LogP contribution < -0.4 is 10.9 Å². The number of anilines is 2. The summed E-state index contributed by atoms with van der Waals surface area (Å²) in [6.45, 7) is 2.56. The summed E-state index contributed by atoms with van der Waals surface area (Å²) in [5.41, 5.74) is 1.86. The molecule has 3 aromatic rings. The van der Waals surface area contributed by atoms with Gasteiger partial charge < -0.3 is 14.5 Å². The molecular weight excluding hydrogens is 252 g/mol. The lowest BCUT2D eigenvalue weighted by atomic mass is 10.2. The largest absolute Gasteiger partial charge is 0.350 e. The Bertz CT molecular complexity index is 816. The molecule has 0 saturated carbocycles. The molecule has 5 heteroatoms. The van der Waals surface area contributed by atoms with Gasteiger partial charge in [-0.25, -0.2) is 4.98 Å². The number of rotatable bonds is 3. The fourth-order valence-electron chi connectivity index (χ4n) is 2.26. The van der Waals surface area contributed by atoms with E-state index in [1.165, 1.54) is 5.39 Å². The molecule has 1 N–H and O–H groups in total. The highest BCUT2D eigenvalue weighted by Crippen LogP contribution is 2.21. The molecule has 0 atom stereocenters. The second-order valence-electron chi connectivity index (χ2n) is 4.69. The zero-order valence-corrected chi connectivity index (χ0v) is 11.5. The summed E-state index contributed by atoms with van der Waals surface area (Å²) in [6.07, 6.45) is 5.33. The number of nitrogens with one attached hydrogen (secondary N) is 1. The molecule has 0 aliphatic rings. The predicted molar refractivity (Wildman–Crippen MR) is 80.4 cm³/mol. The van der Waals surface area contributed by atoms with Gasteiger partial charge in [-0.1, -0.05) is 6.07 Å². The van der Waals surface area contributed by atoms with E-state index in [-0.39, 0.29) is 5.56 Å². The number of benzene rings is 1. The lowest BCUT2D eigenvalue weighted by molar-refractivity contribution is 0.720. The molecule has 3 rings (SSSR count). The van der Waals surface area contributed by atoms with Gasteiger partial charge in [0.2, 0.25) is 0 Å². The first-order valence-corrected chi connectivity index (χ1v) is 6.56. The summed E-state index contributed by atoms with van der Waals surface area (Å²) < 4.78 is 3.67. The molecule has 0 fully saturated rings. The van der Waals surface area contributed by atoms with Crippen LogP contribution in [-0.4, -0.2) is 14.1 Å². The molecule has 2 aromatic heterocycles. The van der Waals surface area contributed by atoms with Gasteiger partial charge in [0.05, 0.1) is 0 Å². The maximum atomic E-state index is 12.1. The Morgan fingerprint density at radius 2 is 2.10 bits per heavy atom. The third kappa shape index (κ3) is 2.07. The number of hydrogen-bond acceptors (Lipinski definition) is 3. The molecular formula is C15H16N4O. The third-order valence-corrected chi connectivity index (χ3v) is 3.41. The quantitative estimate of drug-likeness (QED) is 0.794. The SMILES string of the molecule is CCn1ccnc(Nc2ccc3ccn(C)c3c2)c1=O. The van der Waals surface area contributed by atoms with Gasteiger partial charge in [-0.05, 0) is 30.5 Å². The molecule has 0 aliphatic carbocycles. The lowest BCUT2D eigenvalue weighted by Gasteiger charge is -2.08. The molecule has 0 saturated heterocycles. The van der Waals surface area contributed by atoms with Crippen molar-refractivity contribution in [3.8, 4) is 0 Å². The van der Waals surface area contributed by atoms with E-state index in [0.29, 0.717) is 12.4 Å². The molecule has 5 nitrogen and oxygen atoms in total. The van der Waals surface area contributed by atoms with Gasteiger partial charge in [0.25, 0.3) is 5.56 Å². The summed E-state index contributed by atoms with van der Waals surface area (Å²) in [7, 11) is 2.00. The number of hydrogen-bond donors (Lipinski definition) is 1. The average molecular weight is 268 g/mol. The van der Waals surface area contributed by atoms with E-state index in [4.69, 9.17) is 0 Å². The van der Waals surface area contributed by atoms with Crippen molar-refractivity contribution < 1.29 is 0 Å². The molecule has 0 amide bonds. The third-order valence-electron chi connectivity index (χ3n) is 3.41. The van der Waals surface area contributed by atoms with Crippen molar-refractivity contribution in [2.75, 3.05) is 5.32 Å². The van der Waals surface area contributed by atoms with Crippen LogP contribution in [-0.2, 0) is 13.6 Å². The van der Waals surface area contributed by atoms with Gasteiger partial charge in [0.15, 0.2) is 5.82 Å². The van der Waals surface area contributed by atoms with Crippen molar-refractivity contribution in [2.24, 2.45) is 7.05 Å². The van der Waals surface area contributed by atoms with Crippen molar-refractivity contribution in [1.82, 2.24) is 14.1 Å². The standard InChI is InChI=1S/C15H16N4O/c1-3-19-9-7-16-14(15(19)20)17-12-5-4-11-6-8-18(2)13(11)10-12/h4-10H,3H2,1-2H3,(H,16,17). The Labute approximate surface area is 116 Å². The molecule has 0 spiro atoms. The summed E-state index contributed by atoms with van der Waals surface area (Å²) in [5.74, 6) is 0.350. The highest BCUT2D eigenvalue weighted by molar-refractivity contribution is 5.84. The summed E-state index contributed by atoms with van der Waals surface area (Å²) >= 11 is 0. The predicted octanol–water partition coefficient (Wildman–Crippen LogP) is 2.50. The Hall–Kier alpha value is -2.56. The van der Waals surface area contributed by atoms with Gasteiger partial charge in [0.1, 0.15) is 0 Å². The first-order valence-electron chi connectivity index (χ1n) is 6.56. The molecule has 102 valence electrons. The van der Waals surface area contributed by atoms with E-state index < -0.39 is 0 Å². The highest BCUT2D eigenvalue weighted by atomic mass is 16.1. The van der Waals surface area contributed by atoms with E-state index >= 15 is 0 Å². The molecule has 1 aromatic carbocycles. The van der Waals surface area contributed by atoms with Crippen LogP contribution in [0.2, 0.25) is 0 Å². The van der Waals surface area contributed by atoms with Crippen LogP contribution in [0.5, 0.6) is 0 Å². The number of aryl methyl sites for hydroxylation is 2. The van der Waals surface area contributed by atoms with Gasteiger partial charge in [-0.2, -0.15) is 0 Å². The van der Waals surface area contributed by atoms with E-state index in [1.807, 2.05) is 42.9 Å². The van der Waals surface area contributed by atoms with Crippen LogP contribution >= 0.6 is 0 Å². The Morgan fingerprint density at radius 3 is 2.90 bits per heavy atom. The van der Waals surface area contributed by atoms with Gasteiger partial charge >= 0.3 is 0 Å². The number of aromatic nitrogens is 3. The molecule has 2 heterocycles. The van der Waals surface area contributed by atoms with E-state index in [1.54, 1.807) is 17.0 Å². The Balaban J connectivity index is 2.01. The monoisotopic (exact) mass is 268 g/mol. The first-order chi connectivity index (χ1) is 9.69. The second-order valence-corrected chi connectivity index (χ2v) is 4.69. The van der Waals surface area contributed by atoms with Crippen LogP contribution in [0.15, 0.2) is 47.7 Å². The first kappa shape index (κ1) is 12.5. The van der Waals surface area contributed by atoms with Crippen LogP contribution in [0.1, 0.15) is 6.92 Å². The van der Waals surface area contributed by atoms with Crippen molar-refractivity contribution >= 4 is 22.4 Å². The fourth-order valence-corrected chi connectivity index (χ4v) is 2.26. The Morgan fingerprint density at radius 1 is 1.25 bits per heavy atom. The van der Waals surface area contributed by atoms with E-state index in [2.05, 4.69) is 16.4 Å². The van der Waals surface area contributed by atoms with Gasteiger partial charge in [-0.3, -0.25) is 4.79 Å². The zero-order valence-electron chi connectivity index (χ0n) is 11.5. The van der Waals surface area contributed by atoms with Crippen LogP contribution in [0.4, 0.5) is 11.5 Å². The van der Waals surface area contributed by atoms with Crippen LogP contribution in [0.25, 0.3) is 10.9 Å².